The van der Waals surface area contributed by atoms with Crippen molar-refractivity contribution in [3.05, 3.63) is 47.7 Å². The van der Waals surface area contributed by atoms with Crippen LogP contribution < -0.4 is 0 Å². The number of carbonyl (C=O) groups is 3. The van der Waals surface area contributed by atoms with Crippen molar-refractivity contribution in [3.63, 3.8) is 0 Å². The number of esters is 1. The molecule has 0 saturated carbocycles. The molecule has 2 aliphatic rings. The number of likely N-dealkylation sites (tertiary alicyclic amines) is 1. The van der Waals surface area contributed by atoms with Crippen molar-refractivity contribution in [2.75, 3.05) is 13.7 Å². The molecule has 152 valence electrons. The van der Waals surface area contributed by atoms with E-state index in [1.807, 2.05) is 36.4 Å². The van der Waals surface area contributed by atoms with Gasteiger partial charge in [-0.1, -0.05) is 42.5 Å². The molecule has 1 amide bonds. The lowest BCUT2D eigenvalue weighted by molar-refractivity contribution is -0.160. The van der Waals surface area contributed by atoms with Crippen molar-refractivity contribution in [3.8, 4) is 11.8 Å². The molecule has 1 aromatic carbocycles. The molecule has 6 nitrogen and oxygen atoms in total. The maximum Gasteiger partial charge on any atom is 0.317 e. The van der Waals surface area contributed by atoms with Gasteiger partial charge in [-0.15, -0.1) is 0 Å². The van der Waals surface area contributed by atoms with Crippen molar-refractivity contribution in [1.29, 1.82) is 0 Å². The first kappa shape index (κ1) is 20.7. The highest BCUT2D eigenvalue weighted by atomic mass is 16.5. The van der Waals surface area contributed by atoms with E-state index in [-0.39, 0.29) is 25.3 Å². The van der Waals surface area contributed by atoms with Gasteiger partial charge in [-0.25, -0.2) is 0 Å². The molecule has 29 heavy (non-hydrogen) atoms. The standard InChI is InChI=1S/C23H25NO5/c1-29-22(28)23-13-7-3-6-12-19(23)24(21(27)18(16-23)15-20(25)26)14-8-11-17-9-4-2-5-10-17/h2,4-5,9-10,12,18H,3,6-7,13-16H2,1H3,(H,25,26)/t18-,23-/m0/s1. The average molecular weight is 395 g/mol. The Hall–Kier alpha value is -3.07. The number of carboxylic acid groups (broad SMARTS) is 1. The summed E-state index contributed by atoms with van der Waals surface area (Å²) in [6, 6.07) is 9.42. The molecule has 0 radical (unpaired) electrons. The molecule has 1 N–H and O–H groups in total. The largest absolute Gasteiger partial charge is 0.481 e. The number of carbonyl (C=O) groups excluding carboxylic acids is 2. The van der Waals surface area contributed by atoms with Crippen LogP contribution in [0.1, 0.15) is 44.1 Å². The van der Waals surface area contributed by atoms with Crippen molar-refractivity contribution in [1.82, 2.24) is 4.90 Å². The fraction of sp³-hybridized carbons (Fsp3) is 0.435. The van der Waals surface area contributed by atoms with Crippen LogP contribution in [0, 0.1) is 23.2 Å². The Morgan fingerprint density at radius 3 is 2.72 bits per heavy atom. The molecule has 0 unspecified atom stereocenters. The average Bonchev–Trinajstić information content (AvgIpc) is 2.93. The number of piperidine rings is 1. The number of rotatable bonds is 4. The highest BCUT2D eigenvalue weighted by Gasteiger charge is 2.53. The Balaban J connectivity index is 1.99. The summed E-state index contributed by atoms with van der Waals surface area (Å²) in [6.07, 6.45) is 4.80. The Kier molecular flexibility index (Phi) is 6.38. The van der Waals surface area contributed by atoms with Crippen molar-refractivity contribution in [2.45, 2.75) is 38.5 Å². The van der Waals surface area contributed by atoms with Gasteiger partial charge in [-0.05, 0) is 37.8 Å². The maximum absolute atomic E-state index is 13.1. The van der Waals surface area contributed by atoms with E-state index in [4.69, 9.17) is 4.74 Å². The quantitative estimate of drug-likeness (QED) is 0.626. The minimum absolute atomic E-state index is 0.106. The number of fused-ring (bicyclic) bond motifs is 1. The first-order valence-corrected chi connectivity index (χ1v) is 9.84. The third-order valence-corrected chi connectivity index (χ3v) is 5.63. The molecule has 1 heterocycles. The number of allylic oxidation sites excluding steroid dienone is 1. The molecule has 1 saturated heterocycles. The van der Waals surface area contributed by atoms with Gasteiger partial charge >= 0.3 is 11.9 Å². The van der Waals surface area contributed by atoms with Gasteiger partial charge in [0, 0.05) is 11.3 Å². The maximum atomic E-state index is 13.1. The van der Waals surface area contributed by atoms with Gasteiger partial charge in [-0.2, -0.15) is 0 Å². The Morgan fingerprint density at radius 2 is 2.03 bits per heavy atom. The van der Waals surface area contributed by atoms with E-state index in [2.05, 4.69) is 11.8 Å². The topological polar surface area (TPSA) is 83.9 Å². The molecule has 1 aliphatic carbocycles. The predicted molar refractivity (Wildman–Crippen MR) is 106 cm³/mol. The molecule has 0 aromatic heterocycles. The van der Waals surface area contributed by atoms with E-state index in [9.17, 15) is 19.5 Å². The van der Waals surface area contributed by atoms with E-state index >= 15 is 0 Å². The van der Waals surface area contributed by atoms with Crippen LogP contribution in [0.5, 0.6) is 0 Å². The minimum Gasteiger partial charge on any atom is -0.481 e. The zero-order valence-electron chi connectivity index (χ0n) is 16.5. The van der Waals surface area contributed by atoms with Crippen LogP contribution in [0.2, 0.25) is 0 Å². The van der Waals surface area contributed by atoms with Crippen LogP contribution in [-0.2, 0) is 19.1 Å². The molecule has 1 aromatic rings. The van der Waals surface area contributed by atoms with Crippen molar-refractivity contribution >= 4 is 17.8 Å². The SMILES string of the molecule is COC(=O)[C@]12CCCCC=C1N(CC#Cc1ccccc1)C(=O)[C@@H](CC(=O)O)C2. The van der Waals surface area contributed by atoms with Gasteiger partial charge in [0.05, 0.1) is 26.0 Å². The summed E-state index contributed by atoms with van der Waals surface area (Å²) in [5.41, 5.74) is 0.456. The Labute approximate surface area is 170 Å². The number of nitrogens with zero attached hydrogens (tertiary/aromatic N) is 1. The second kappa shape index (κ2) is 8.95. The van der Waals surface area contributed by atoms with E-state index in [0.717, 1.165) is 24.8 Å². The summed E-state index contributed by atoms with van der Waals surface area (Å²) < 4.78 is 5.11. The lowest BCUT2D eigenvalue weighted by Gasteiger charge is -2.45. The Morgan fingerprint density at radius 1 is 1.28 bits per heavy atom. The van der Waals surface area contributed by atoms with Gasteiger partial charge in [-0.3, -0.25) is 14.4 Å². The van der Waals surface area contributed by atoms with Gasteiger partial charge in [0.25, 0.3) is 0 Å². The molecule has 3 rings (SSSR count). The number of ether oxygens (including phenoxy) is 1. The van der Waals surface area contributed by atoms with E-state index in [1.54, 1.807) is 0 Å². The number of benzene rings is 1. The molecule has 2 atom stereocenters. The number of carboxylic acids is 1. The highest BCUT2D eigenvalue weighted by molar-refractivity contribution is 5.91. The number of aliphatic carboxylic acids is 1. The lowest BCUT2D eigenvalue weighted by Crippen LogP contribution is -2.53. The predicted octanol–water partition coefficient (Wildman–Crippen LogP) is 2.98. The number of methoxy groups -OCH3 is 1. The Bertz CT molecular complexity index is 880. The lowest BCUT2D eigenvalue weighted by atomic mass is 9.69. The summed E-state index contributed by atoms with van der Waals surface area (Å²) in [4.78, 5) is 38.9. The molecule has 6 heteroatoms. The first-order valence-electron chi connectivity index (χ1n) is 9.84. The van der Waals surface area contributed by atoms with Gasteiger partial charge < -0.3 is 14.7 Å². The van der Waals surface area contributed by atoms with Gasteiger partial charge in [0.15, 0.2) is 0 Å². The van der Waals surface area contributed by atoms with E-state index < -0.39 is 23.3 Å². The van der Waals surface area contributed by atoms with Crippen LogP contribution in [0.3, 0.4) is 0 Å². The van der Waals surface area contributed by atoms with E-state index in [0.29, 0.717) is 12.1 Å². The number of amides is 1. The minimum atomic E-state index is -1.06. The van der Waals surface area contributed by atoms with Gasteiger partial charge in [0.2, 0.25) is 5.91 Å². The summed E-state index contributed by atoms with van der Waals surface area (Å²) >= 11 is 0. The molecule has 1 aliphatic heterocycles. The molecular formula is C23H25NO5. The normalized spacial score (nSPS) is 23.8. The summed E-state index contributed by atoms with van der Waals surface area (Å²) in [6.45, 7) is 0.106. The van der Waals surface area contributed by atoms with Crippen molar-refractivity contribution < 1.29 is 24.2 Å². The van der Waals surface area contributed by atoms with Gasteiger partial charge in [0.1, 0.15) is 5.41 Å². The van der Waals surface area contributed by atoms with Crippen LogP contribution >= 0.6 is 0 Å². The van der Waals surface area contributed by atoms with E-state index in [1.165, 1.54) is 12.0 Å². The fourth-order valence-corrected chi connectivity index (χ4v) is 4.32. The smallest absolute Gasteiger partial charge is 0.317 e. The summed E-state index contributed by atoms with van der Waals surface area (Å²) in [5.74, 6) is 3.52. The van der Waals surface area contributed by atoms with Crippen molar-refractivity contribution in [2.24, 2.45) is 11.3 Å². The molecular weight excluding hydrogens is 370 g/mol. The second-order valence-corrected chi connectivity index (χ2v) is 7.50. The van der Waals surface area contributed by atoms with Crippen LogP contribution in [0.4, 0.5) is 0 Å². The number of hydrogen-bond acceptors (Lipinski definition) is 4. The van der Waals surface area contributed by atoms with Crippen LogP contribution in [0.15, 0.2) is 42.1 Å². The van der Waals surface area contributed by atoms with Crippen LogP contribution in [0.25, 0.3) is 0 Å². The first-order chi connectivity index (χ1) is 14.0. The monoisotopic (exact) mass is 395 g/mol. The molecule has 0 bridgehead atoms. The zero-order valence-corrected chi connectivity index (χ0v) is 16.5. The number of hydrogen-bond donors (Lipinski definition) is 1. The third-order valence-electron chi connectivity index (χ3n) is 5.63. The molecule has 0 spiro atoms. The summed E-state index contributed by atoms with van der Waals surface area (Å²) in [5, 5.41) is 9.30. The van der Waals surface area contributed by atoms with Crippen LogP contribution in [-0.4, -0.2) is 41.5 Å². The third kappa shape index (κ3) is 4.34. The summed E-state index contributed by atoms with van der Waals surface area (Å²) in [7, 11) is 1.34. The zero-order chi connectivity index (χ0) is 20.9. The highest BCUT2D eigenvalue weighted by Crippen LogP contribution is 2.49. The molecule has 1 fully saturated rings. The fourth-order valence-electron chi connectivity index (χ4n) is 4.32. The second-order valence-electron chi connectivity index (χ2n) is 7.50.